The Kier molecular flexibility index (Phi) is 6.76. The summed E-state index contributed by atoms with van der Waals surface area (Å²) in [5, 5.41) is 7.78. The number of carbonyl (C=O) groups excluding carboxylic acids is 2. The van der Waals surface area contributed by atoms with Gasteiger partial charge in [-0.25, -0.2) is 9.97 Å². The zero-order valence-corrected chi connectivity index (χ0v) is 18.6. The van der Waals surface area contributed by atoms with Crippen LogP contribution >= 0.6 is 22.7 Å². The molecule has 1 aromatic carbocycles. The van der Waals surface area contributed by atoms with Crippen LogP contribution < -0.4 is 10.6 Å². The van der Waals surface area contributed by atoms with Crippen LogP contribution in [0.4, 0.5) is 5.69 Å². The minimum absolute atomic E-state index is 0.124. The highest BCUT2D eigenvalue weighted by molar-refractivity contribution is 7.14. The average Bonchev–Trinajstić information content (AvgIpc) is 3.28. The van der Waals surface area contributed by atoms with Gasteiger partial charge in [0.15, 0.2) is 0 Å². The van der Waals surface area contributed by atoms with Gasteiger partial charge >= 0.3 is 0 Å². The molecule has 0 fully saturated rings. The summed E-state index contributed by atoms with van der Waals surface area (Å²) in [5.74, 6) is -0.283. The van der Waals surface area contributed by atoms with Crippen molar-refractivity contribution < 1.29 is 9.59 Å². The second kappa shape index (κ2) is 9.28. The molecule has 3 aromatic rings. The quantitative estimate of drug-likeness (QED) is 0.579. The molecule has 0 radical (unpaired) electrons. The van der Waals surface area contributed by atoms with Crippen molar-refractivity contribution >= 4 is 40.2 Å². The first-order valence-corrected chi connectivity index (χ1v) is 11.2. The van der Waals surface area contributed by atoms with Gasteiger partial charge in [0.2, 0.25) is 0 Å². The van der Waals surface area contributed by atoms with Gasteiger partial charge < -0.3 is 10.6 Å². The number of aryl methyl sites for hydroxylation is 4. The Labute approximate surface area is 178 Å². The van der Waals surface area contributed by atoms with Crippen LogP contribution in [0.3, 0.4) is 0 Å². The Balaban J connectivity index is 1.64. The first kappa shape index (κ1) is 21.1. The zero-order chi connectivity index (χ0) is 21.0. The fourth-order valence-electron chi connectivity index (χ4n) is 2.84. The van der Waals surface area contributed by atoms with E-state index in [0.29, 0.717) is 22.0 Å². The number of carbonyl (C=O) groups is 2. The van der Waals surface area contributed by atoms with Crippen molar-refractivity contribution in [3.8, 4) is 0 Å². The maximum absolute atomic E-state index is 12.6. The average molecular weight is 429 g/mol. The van der Waals surface area contributed by atoms with E-state index in [4.69, 9.17) is 0 Å². The minimum Gasteiger partial charge on any atom is -0.347 e. The zero-order valence-electron chi connectivity index (χ0n) is 17.0. The Morgan fingerprint density at radius 1 is 0.931 bits per heavy atom. The van der Waals surface area contributed by atoms with Crippen LogP contribution in [0, 0.1) is 13.8 Å². The van der Waals surface area contributed by atoms with Crippen LogP contribution in [0.1, 0.15) is 60.2 Å². The number of nitrogens with one attached hydrogen (secondary N) is 2. The SMILES string of the molecule is CCc1nc(C)c(C(=O)NCc2cccc(NC(=O)c3sc(CC)nc3C)c2)s1. The third kappa shape index (κ3) is 5.07. The number of hydrogen-bond donors (Lipinski definition) is 2. The van der Waals surface area contributed by atoms with E-state index >= 15 is 0 Å². The molecule has 152 valence electrons. The molecule has 0 saturated carbocycles. The summed E-state index contributed by atoms with van der Waals surface area (Å²) in [6.07, 6.45) is 1.63. The Morgan fingerprint density at radius 3 is 2.07 bits per heavy atom. The van der Waals surface area contributed by atoms with Gasteiger partial charge in [0.25, 0.3) is 11.8 Å². The van der Waals surface area contributed by atoms with E-state index in [1.54, 1.807) is 0 Å². The first-order valence-electron chi connectivity index (χ1n) is 9.52. The third-order valence-electron chi connectivity index (χ3n) is 4.34. The van der Waals surface area contributed by atoms with E-state index in [9.17, 15) is 9.59 Å². The molecule has 0 atom stereocenters. The summed E-state index contributed by atoms with van der Waals surface area (Å²) in [6, 6.07) is 7.48. The highest BCUT2D eigenvalue weighted by Gasteiger charge is 2.16. The molecular weight excluding hydrogens is 404 g/mol. The number of rotatable bonds is 7. The van der Waals surface area contributed by atoms with Gasteiger partial charge in [-0.2, -0.15) is 0 Å². The van der Waals surface area contributed by atoms with Gasteiger partial charge in [-0.15, -0.1) is 22.7 Å². The summed E-state index contributed by atoms with van der Waals surface area (Å²) < 4.78 is 0. The predicted octanol–water partition coefficient (Wildman–Crippen LogP) is 4.52. The number of amides is 2. The van der Waals surface area contributed by atoms with Gasteiger partial charge in [-0.1, -0.05) is 26.0 Å². The maximum atomic E-state index is 12.6. The number of anilines is 1. The predicted molar refractivity (Wildman–Crippen MR) is 118 cm³/mol. The molecule has 0 unspecified atom stereocenters. The summed E-state index contributed by atoms with van der Waals surface area (Å²) in [5.41, 5.74) is 3.11. The monoisotopic (exact) mass is 428 g/mol. The molecule has 8 heteroatoms. The smallest absolute Gasteiger partial charge is 0.267 e. The standard InChI is InChI=1S/C21H24N4O2S2/c1-5-16-23-12(3)18(28-16)20(26)22-11-14-8-7-9-15(10-14)25-21(27)19-13(4)24-17(6-2)29-19/h7-10H,5-6,11H2,1-4H3,(H,22,26)(H,25,27). The molecule has 2 heterocycles. The van der Waals surface area contributed by atoms with E-state index in [0.717, 1.165) is 39.8 Å². The lowest BCUT2D eigenvalue weighted by atomic mass is 10.2. The van der Waals surface area contributed by atoms with Crippen molar-refractivity contribution in [3.63, 3.8) is 0 Å². The van der Waals surface area contributed by atoms with Crippen LogP contribution in [-0.4, -0.2) is 21.8 Å². The first-order chi connectivity index (χ1) is 13.9. The van der Waals surface area contributed by atoms with Crippen LogP contribution in [0.2, 0.25) is 0 Å². The van der Waals surface area contributed by atoms with Crippen LogP contribution in [-0.2, 0) is 19.4 Å². The second-order valence-corrected chi connectivity index (χ2v) is 8.76. The molecular formula is C21H24N4O2S2. The van der Waals surface area contributed by atoms with Crippen molar-refractivity contribution in [2.45, 2.75) is 47.1 Å². The number of aromatic nitrogens is 2. The van der Waals surface area contributed by atoms with Gasteiger partial charge in [-0.05, 0) is 44.4 Å². The van der Waals surface area contributed by atoms with Crippen molar-refractivity contribution in [2.75, 3.05) is 5.32 Å². The fourth-order valence-corrected chi connectivity index (χ4v) is 4.66. The summed E-state index contributed by atoms with van der Waals surface area (Å²) in [4.78, 5) is 35.1. The minimum atomic E-state index is -0.159. The van der Waals surface area contributed by atoms with Gasteiger partial charge in [0.1, 0.15) is 9.75 Å². The molecule has 0 bridgehead atoms. The molecule has 2 N–H and O–H groups in total. The summed E-state index contributed by atoms with van der Waals surface area (Å²) in [6.45, 7) is 8.12. The molecule has 0 spiro atoms. The lowest BCUT2D eigenvalue weighted by Crippen LogP contribution is -2.22. The lowest BCUT2D eigenvalue weighted by molar-refractivity contribution is 0.0953. The number of hydrogen-bond acceptors (Lipinski definition) is 6. The fraction of sp³-hybridized carbons (Fsp3) is 0.333. The van der Waals surface area contributed by atoms with Gasteiger partial charge in [0, 0.05) is 12.2 Å². The molecule has 2 amide bonds. The summed E-state index contributed by atoms with van der Waals surface area (Å²) >= 11 is 2.86. The maximum Gasteiger partial charge on any atom is 0.267 e. The lowest BCUT2D eigenvalue weighted by Gasteiger charge is -2.08. The highest BCUT2D eigenvalue weighted by Crippen LogP contribution is 2.21. The van der Waals surface area contributed by atoms with Gasteiger partial charge in [-0.3, -0.25) is 9.59 Å². The van der Waals surface area contributed by atoms with Crippen molar-refractivity contribution in [2.24, 2.45) is 0 Å². The molecule has 2 aromatic heterocycles. The molecule has 0 saturated heterocycles. The molecule has 29 heavy (non-hydrogen) atoms. The van der Waals surface area contributed by atoms with Gasteiger partial charge in [0.05, 0.1) is 21.4 Å². The normalized spacial score (nSPS) is 10.8. The molecule has 3 rings (SSSR count). The van der Waals surface area contributed by atoms with Crippen LogP contribution in [0.5, 0.6) is 0 Å². The highest BCUT2D eigenvalue weighted by atomic mass is 32.1. The van der Waals surface area contributed by atoms with Crippen LogP contribution in [0.15, 0.2) is 24.3 Å². The second-order valence-electron chi connectivity index (χ2n) is 6.59. The number of nitrogens with zero attached hydrogens (tertiary/aromatic N) is 2. The largest absolute Gasteiger partial charge is 0.347 e. The van der Waals surface area contributed by atoms with E-state index in [1.807, 2.05) is 52.0 Å². The number of thiazole rings is 2. The number of benzene rings is 1. The van der Waals surface area contributed by atoms with E-state index in [-0.39, 0.29) is 11.8 Å². The van der Waals surface area contributed by atoms with E-state index < -0.39 is 0 Å². The van der Waals surface area contributed by atoms with Crippen LogP contribution in [0.25, 0.3) is 0 Å². The molecule has 0 aliphatic rings. The van der Waals surface area contributed by atoms with E-state index in [1.165, 1.54) is 22.7 Å². The molecule has 0 aliphatic carbocycles. The Bertz CT molecular complexity index is 1040. The van der Waals surface area contributed by atoms with Crippen molar-refractivity contribution in [1.82, 2.24) is 15.3 Å². The third-order valence-corrected chi connectivity index (χ3v) is 6.94. The molecule has 6 nitrogen and oxygen atoms in total. The Hall–Kier alpha value is -2.58. The topological polar surface area (TPSA) is 84.0 Å². The summed E-state index contributed by atoms with van der Waals surface area (Å²) in [7, 11) is 0. The van der Waals surface area contributed by atoms with Crippen molar-refractivity contribution in [1.29, 1.82) is 0 Å². The van der Waals surface area contributed by atoms with Crippen molar-refractivity contribution in [3.05, 3.63) is 61.0 Å². The molecule has 0 aliphatic heterocycles. The Morgan fingerprint density at radius 2 is 1.52 bits per heavy atom. The van der Waals surface area contributed by atoms with E-state index in [2.05, 4.69) is 20.6 Å².